The number of anilines is 2. The highest BCUT2D eigenvalue weighted by Crippen LogP contribution is 2.10. The minimum Gasteiger partial charge on any atom is -0.399 e. The van der Waals surface area contributed by atoms with E-state index in [4.69, 9.17) is 5.73 Å². The van der Waals surface area contributed by atoms with Crippen LogP contribution in [-0.4, -0.2) is 15.7 Å². The number of rotatable bonds is 2. The normalized spacial score (nSPS) is 10.1. The van der Waals surface area contributed by atoms with Gasteiger partial charge in [0.15, 0.2) is 0 Å². The van der Waals surface area contributed by atoms with Crippen LogP contribution in [0.1, 0.15) is 10.4 Å². The smallest absolute Gasteiger partial charge is 0.255 e. The molecule has 82 valence electrons. The molecule has 1 aromatic heterocycles. The van der Waals surface area contributed by atoms with Crippen LogP contribution in [0.15, 0.2) is 36.7 Å². The van der Waals surface area contributed by atoms with Crippen molar-refractivity contribution >= 4 is 17.3 Å². The number of nitrogens with one attached hydrogen (secondary N) is 1. The number of nitrogens with zero attached hydrogens (tertiary/aromatic N) is 2. The van der Waals surface area contributed by atoms with E-state index in [1.54, 1.807) is 48.4 Å². The third-order valence-electron chi connectivity index (χ3n) is 2.11. The molecular formula is C11H12N4O. The predicted octanol–water partition coefficient (Wildman–Crippen LogP) is 1.25. The third-order valence-corrected chi connectivity index (χ3v) is 2.11. The number of carbonyl (C=O) groups is 1. The maximum atomic E-state index is 11.8. The summed E-state index contributed by atoms with van der Waals surface area (Å²) in [6, 6.07) is 6.82. The molecule has 0 bridgehead atoms. The van der Waals surface area contributed by atoms with Gasteiger partial charge in [-0.25, -0.2) is 0 Å². The Kier molecular flexibility index (Phi) is 2.59. The highest BCUT2D eigenvalue weighted by atomic mass is 16.1. The summed E-state index contributed by atoms with van der Waals surface area (Å²) in [5.74, 6) is -0.194. The van der Waals surface area contributed by atoms with E-state index in [1.165, 1.54) is 0 Å². The van der Waals surface area contributed by atoms with E-state index in [0.717, 1.165) is 0 Å². The van der Waals surface area contributed by atoms with Gasteiger partial charge in [-0.3, -0.25) is 9.48 Å². The standard InChI is InChI=1S/C11H12N4O/c1-15-7-10(6-13-15)14-11(16)8-3-2-4-9(12)5-8/h2-7H,12H2,1H3,(H,14,16). The van der Waals surface area contributed by atoms with Gasteiger partial charge < -0.3 is 11.1 Å². The van der Waals surface area contributed by atoms with E-state index in [0.29, 0.717) is 16.9 Å². The Bertz CT molecular complexity index is 518. The molecule has 0 radical (unpaired) electrons. The summed E-state index contributed by atoms with van der Waals surface area (Å²) < 4.78 is 1.62. The van der Waals surface area contributed by atoms with Gasteiger partial charge in [-0.1, -0.05) is 6.07 Å². The lowest BCUT2D eigenvalue weighted by atomic mass is 10.2. The molecular weight excluding hydrogens is 204 g/mol. The number of hydrogen-bond donors (Lipinski definition) is 2. The highest BCUT2D eigenvalue weighted by molar-refractivity contribution is 6.04. The lowest BCUT2D eigenvalue weighted by molar-refractivity contribution is 0.102. The number of amides is 1. The number of nitrogens with two attached hydrogens (primary N) is 1. The Morgan fingerprint density at radius 2 is 2.31 bits per heavy atom. The van der Waals surface area contributed by atoms with E-state index in [2.05, 4.69) is 10.4 Å². The van der Waals surface area contributed by atoms with Crippen LogP contribution in [0.25, 0.3) is 0 Å². The Labute approximate surface area is 92.9 Å². The van der Waals surface area contributed by atoms with Gasteiger partial charge in [-0.15, -0.1) is 0 Å². The highest BCUT2D eigenvalue weighted by Gasteiger charge is 2.06. The number of aryl methyl sites for hydroxylation is 1. The van der Waals surface area contributed by atoms with E-state index < -0.39 is 0 Å². The molecule has 0 atom stereocenters. The molecule has 0 spiro atoms. The fraction of sp³-hybridized carbons (Fsp3) is 0.0909. The molecule has 1 aromatic carbocycles. The molecule has 16 heavy (non-hydrogen) atoms. The van der Waals surface area contributed by atoms with Gasteiger partial charge in [0.1, 0.15) is 0 Å². The number of aromatic nitrogens is 2. The van der Waals surface area contributed by atoms with E-state index in [9.17, 15) is 4.79 Å². The molecule has 0 aliphatic heterocycles. The summed E-state index contributed by atoms with van der Waals surface area (Å²) in [6.45, 7) is 0. The fourth-order valence-corrected chi connectivity index (χ4v) is 1.37. The van der Waals surface area contributed by atoms with Crippen LogP contribution in [-0.2, 0) is 7.05 Å². The molecule has 0 unspecified atom stereocenters. The lowest BCUT2D eigenvalue weighted by Gasteiger charge is -2.02. The zero-order valence-corrected chi connectivity index (χ0v) is 8.84. The van der Waals surface area contributed by atoms with Gasteiger partial charge in [0.05, 0.1) is 11.9 Å². The van der Waals surface area contributed by atoms with Crippen molar-refractivity contribution in [1.82, 2.24) is 9.78 Å². The van der Waals surface area contributed by atoms with Crippen LogP contribution in [0.2, 0.25) is 0 Å². The average Bonchev–Trinajstić information content (AvgIpc) is 2.64. The number of carbonyl (C=O) groups excluding carboxylic acids is 1. The zero-order chi connectivity index (χ0) is 11.5. The van der Waals surface area contributed by atoms with Crippen molar-refractivity contribution < 1.29 is 4.79 Å². The maximum Gasteiger partial charge on any atom is 0.255 e. The van der Waals surface area contributed by atoms with Crippen LogP contribution in [0.4, 0.5) is 11.4 Å². The van der Waals surface area contributed by atoms with Gasteiger partial charge >= 0.3 is 0 Å². The largest absolute Gasteiger partial charge is 0.399 e. The SMILES string of the molecule is Cn1cc(NC(=O)c2cccc(N)c2)cn1. The van der Waals surface area contributed by atoms with Crippen LogP contribution >= 0.6 is 0 Å². The van der Waals surface area contributed by atoms with Crippen molar-refractivity contribution in [2.45, 2.75) is 0 Å². The van der Waals surface area contributed by atoms with Crippen molar-refractivity contribution in [3.05, 3.63) is 42.2 Å². The fourth-order valence-electron chi connectivity index (χ4n) is 1.37. The first-order valence-corrected chi connectivity index (χ1v) is 4.81. The minimum atomic E-state index is -0.194. The second-order valence-electron chi connectivity index (χ2n) is 3.48. The summed E-state index contributed by atoms with van der Waals surface area (Å²) in [4.78, 5) is 11.8. The molecule has 2 rings (SSSR count). The van der Waals surface area contributed by atoms with Gasteiger partial charge in [0.25, 0.3) is 5.91 Å². The predicted molar refractivity (Wildman–Crippen MR) is 62.0 cm³/mol. The molecule has 0 fully saturated rings. The van der Waals surface area contributed by atoms with Crippen LogP contribution in [0, 0.1) is 0 Å². The first-order chi connectivity index (χ1) is 7.65. The van der Waals surface area contributed by atoms with E-state index >= 15 is 0 Å². The number of hydrogen-bond acceptors (Lipinski definition) is 3. The number of benzene rings is 1. The Morgan fingerprint density at radius 3 is 2.94 bits per heavy atom. The van der Waals surface area contributed by atoms with Crippen LogP contribution < -0.4 is 11.1 Å². The first-order valence-electron chi connectivity index (χ1n) is 4.81. The molecule has 1 amide bonds. The first kappa shape index (κ1) is 10.2. The molecule has 5 nitrogen and oxygen atoms in total. The van der Waals surface area contributed by atoms with Gasteiger partial charge in [-0.2, -0.15) is 5.10 Å². The minimum absolute atomic E-state index is 0.194. The topological polar surface area (TPSA) is 72.9 Å². The molecule has 1 heterocycles. The third kappa shape index (κ3) is 2.20. The molecule has 0 aliphatic carbocycles. The van der Waals surface area contributed by atoms with Gasteiger partial charge in [0, 0.05) is 24.5 Å². The Balaban J connectivity index is 2.14. The van der Waals surface area contributed by atoms with E-state index in [1.807, 2.05) is 0 Å². The summed E-state index contributed by atoms with van der Waals surface area (Å²) in [7, 11) is 1.79. The van der Waals surface area contributed by atoms with Crippen molar-refractivity contribution in [3.8, 4) is 0 Å². The summed E-state index contributed by atoms with van der Waals surface area (Å²) >= 11 is 0. The maximum absolute atomic E-state index is 11.8. The summed E-state index contributed by atoms with van der Waals surface area (Å²) in [5, 5.41) is 6.69. The van der Waals surface area contributed by atoms with Crippen LogP contribution in [0.5, 0.6) is 0 Å². The second kappa shape index (κ2) is 4.06. The van der Waals surface area contributed by atoms with Gasteiger partial charge in [0.2, 0.25) is 0 Å². The average molecular weight is 216 g/mol. The monoisotopic (exact) mass is 216 g/mol. The van der Waals surface area contributed by atoms with Gasteiger partial charge in [-0.05, 0) is 18.2 Å². The van der Waals surface area contributed by atoms with E-state index in [-0.39, 0.29) is 5.91 Å². The van der Waals surface area contributed by atoms with Crippen molar-refractivity contribution in [2.75, 3.05) is 11.1 Å². The quantitative estimate of drug-likeness (QED) is 0.742. The van der Waals surface area contributed by atoms with Crippen molar-refractivity contribution in [1.29, 1.82) is 0 Å². The zero-order valence-electron chi connectivity index (χ0n) is 8.84. The van der Waals surface area contributed by atoms with Crippen LogP contribution in [0.3, 0.4) is 0 Å². The van der Waals surface area contributed by atoms with Crippen molar-refractivity contribution in [2.24, 2.45) is 7.05 Å². The second-order valence-corrected chi connectivity index (χ2v) is 3.48. The molecule has 0 saturated heterocycles. The molecule has 0 saturated carbocycles. The molecule has 5 heteroatoms. The van der Waals surface area contributed by atoms with Crippen molar-refractivity contribution in [3.63, 3.8) is 0 Å². The lowest BCUT2D eigenvalue weighted by Crippen LogP contribution is -2.11. The number of nitrogen functional groups attached to an aromatic ring is 1. The Morgan fingerprint density at radius 1 is 1.50 bits per heavy atom. The Hall–Kier alpha value is -2.30. The molecule has 3 N–H and O–H groups in total. The summed E-state index contributed by atoms with van der Waals surface area (Å²) in [5.41, 5.74) is 7.36. The molecule has 0 aliphatic rings. The molecule has 2 aromatic rings. The summed E-state index contributed by atoms with van der Waals surface area (Å²) in [6.07, 6.45) is 3.31.